The van der Waals surface area contributed by atoms with Gasteiger partial charge in [-0.15, -0.1) is 0 Å². The second-order valence-corrected chi connectivity index (χ2v) is 6.42. The van der Waals surface area contributed by atoms with E-state index >= 15 is 0 Å². The Labute approximate surface area is 135 Å². The van der Waals surface area contributed by atoms with Crippen molar-refractivity contribution in [3.8, 4) is 0 Å². The number of ether oxygens (including phenoxy) is 1. The van der Waals surface area contributed by atoms with Gasteiger partial charge in [-0.2, -0.15) is 0 Å². The van der Waals surface area contributed by atoms with Crippen molar-refractivity contribution < 1.29 is 4.74 Å². The van der Waals surface area contributed by atoms with Crippen molar-refractivity contribution in [2.75, 3.05) is 6.61 Å². The van der Waals surface area contributed by atoms with E-state index in [-0.39, 0.29) is 0 Å². The van der Waals surface area contributed by atoms with Crippen LogP contribution in [0.2, 0.25) is 0 Å². The topological polar surface area (TPSA) is 9.23 Å². The van der Waals surface area contributed by atoms with Crippen LogP contribution in [0.15, 0.2) is 0 Å². The van der Waals surface area contributed by atoms with Gasteiger partial charge in [-0.05, 0) is 12.8 Å². The lowest BCUT2D eigenvalue weighted by atomic mass is 10.1. The molecule has 1 nitrogen and oxygen atoms in total. The fourth-order valence-electron chi connectivity index (χ4n) is 2.67. The standard InChI is InChI=1S/C20H41O/c1-3-5-7-9-11-12-14-16-18-20-21-19-17-15-13-10-8-6-4-2/h20H,3-19H2,1-2H3. The summed E-state index contributed by atoms with van der Waals surface area (Å²) < 4.78 is 5.60. The van der Waals surface area contributed by atoms with Crippen molar-refractivity contribution in [2.24, 2.45) is 0 Å². The maximum absolute atomic E-state index is 5.60. The normalized spacial score (nSPS) is 11.1. The first-order valence-electron chi connectivity index (χ1n) is 9.85. The molecule has 1 heteroatoms. The Balaban J connectivity index is 2.90. The largest absolute Gasteiger partial charge is 0.376 e. The molecule has 1 radical (unpaired) electrons. The minimum absolute atomic E-state index is 0.935. The summed E-state index contributed by atoms with van der Waals surface area (Å²) in [6.45, 7) is 7.54. The van der Waals surface area contributed by atoms with Gasteiger partial charge in [0.2, 0.25) is 0 Å². The van der Waals surface area contributed by atoms with Crippen molar-refractivity contribution in [3.63, 3.8) is 0 Å². The summed E-state index contributed by atoms with van der Waals surface area (Å²) in [7, 11) is 0. The van der Waals surface area contributed by atoms with Crippen molar-refractivity contribution in [2.45, 2.75) is 117 Å². The van der Waals surface area contributed by atoms with Gasteiger partial charge in [0.15, 0.2) is 0 Å². The third-order valence-corrected chi connectivity index (χ3v) is 4.16. The second-order valence-electron chi connectivity index (χ2n) is 6.42. The van der Waals surface area contributed by atoms with E-state index in [1.807, 2.05) is 6.61 Å². The molecule has 0 fully saturated rings. The molecule has 0 bridgehead atoms. The molecule has 0 saturated carbocycles. The lowest BCUT2D eigenvalue weighted by Gasteiger charge is -2.04. The van der Waals surface area contributed by atoms with E-state index in [1.165, 1.54) is 96.3 Å². The van der Waals surface area contributed by atoms with Crippen LogP contribution >= 0.6 is 0 Å². The number of hydrogen-bond acceptors (Lipinski definition) is 1. The second kappa shape index (κ2) is 20.0. The Morgan fingerprint density at radius 1 is 0.524 bits per heavy atom. The zero-order valence-electron chi connectivity index (χ0n) is 15.0. The molecule has 0 atom stereocenters. The van der Waals surface area contributed by atoms with Crippen molar-refractivity contribution in [3.05, 3.63) is 6.61 Å². The summed E-state index contributed by atoms with van der Waals surface area (Å²) >= 11 is 0. The third kappa shape index (κ3) is 20.0. The Morgan fingerprint density at radius 2 is 0.952 bits per heavy atom. The van der Waals surface area contributed by atoms with Crippen molar-refractivity contribution in [1.29, 1.82) is 0 Å². The van der Waals surface area contributed by atoms with Gasteiger partial charge in [0.1, 0.15) is 0 Å². The quantitative estimate of drug-likeness (QED) is 0.239. The fraction of sp³-hybridized carbons (Fsp3) is 0.950. The van der Waals surface area contributed by atoms with Crippen LogP contribution in [0.3, 0.4) is 0 Å². The van der Waals surface area contributed by atoms with Crippen LogP contribution in [0.5, 0.6) is 0 Å². The average molecular weight is 298 g/mol. The molecule has 0 rings (SSSR count). The zero-order valence-corrected chi connectivity index (χ0v) is 15.0. The van der Waals surface area contributed by atoms with E-state index in [2.05, 4.69) is 13.8 Å². The summed E-state index contributed by atoms with van der Waals surface area (Å²) in [5.74, 6) is 0. The molecule has 0 aromatic heterocycles. The predicted octanol–water partition coefficient (Wildman–Crippen LogP) is 7.45. The van der Waals surface area contributed by atoms with Crippen LogP contribution in [-0.2, 0) is 4.74 Å². The Bertz CT molecular complexity index is 149. The molecule has 0 aliphatic heterocycles. The van der Waals surface area contributed by atoms with Gasteiger partial charge < -0.3 is 4.74 Å². The van der Waals surface area contributed by atoms with Gasteiger partial charge >= 0.3 is 0 Å². The monoisotopic (exact) mass is 297 g/mol. The highest BCUT2D eigenvalue weighted by Crippen LogP contribution is 2.11. The first kappa shape index (κ1) is 21.0. The number of rotatable bonds is 18. The van der Waals surface area contributed by atoms with Crippen LogP contribution in [-0.4, -0.2) is 6.61 Å². The van der Waals surface area contributed by atoms with E-state index in [0.29, 0.717) is 0 Å². The molecule has 0 spiro atoms. The minimum Gasteiger partial charge on any atom is -0.376 e. The van der Waals surface area contributed by atoms with Gasteiger partial charge in [0, 0.05) is 6.61 Å². The molecule has 0 heterocycles. The molecular weight excluding hydrogens is 256 g/mol. The SMILES string of the molecule is CCCCCCCCCC[CH]OCCCCCCCCC. The lowest BCUT2D eigenvalue weighted by Crippen LogP contribution is -1.92. The maximum Gasteiger partial charge on any atom is 0.0836 e. The fourth-order valence-corrected chi connectivity index (χ4v) is 2.67. The summed E-state index contributed by atoms with van der Waals surface area (Å²) in [6.07, 6.45) is 21.9. The Hall–Kier alpha value is -0.0400. The molecular formula is C20H41O. The zero-order chi connectivity index (χ0) is 15.4. The Kier molecular flexibility index (Phi) is 19.9. The summed E-state index contributed by atoms with van der Waals surface area (Å²) in [6, 6.07) is 0. The van der Waals surface area contributed by atoms with Gasteiger partial charge in [0.05, 0.1) is 6.61 Å². The molecule has 0 aliphatic rings. The summed E-state index contributed by atoms with van der Waals surface area (Å²) in [5.41, 5.74) is 0. The van der Waals surface area contributed by atoms with Crippen LogP contribution in [0.1, 0.15) is 117 Å². The van der Waals surface area contributed by atoms with Gasteiger partial charge in [0.25, 0.3) is 0 Å². The van der Waals surface area contributed by atoms with Crippen LogP contribution in [0.25, 0.3) is 0 Å². The third-order valence-electron chi connectivity index (χ3n) is 4.16. The molecule has 0 aliphatic carbocycles. The first-order valence-corrected chi connectivity index (χ1v) is 9.85. The highest BCUT2D eigenvalue weighted by atomic mass is 16.5. The maximum atomic E-state index is 5.60. The molecule has 0 amide bonds. The molecule has 0 N–H and O–H groups in total. The molecule has 21 heavy (non-hydrogen) atoms. The summed E-state index contributed by atoms with van der Waals surface area (Å²) in [5, 5.41) is 0. The highest BCUT2D eigenvalue weighted by Gasteiger charge is 1.94. The number of hydrogen-bond donors (Lipinski definition) is 0. The number of unbranched alkanes of at least 4 members (excludes halogenated alkanes) is 14. The van der Waals surface area contributed by atoms with Crippen LogP contribution in [0, 0.1) is 6.61 Å². The molecule has 0 aromatic carbocycles. The van der Waals surface area contributed by atoms with Gasteiger partial charge in [-0.25, -0.2) is 0 Å². The lowest BCUT2D eigenvalue weighted by molar-refractivity contribution is 0.183. The van der Waals surface area contributed by atoms with E-state index in [0.717, 1.165) is 13.0 Å². The van der Waals surface area contributed by atoms with E-state index in [1.54, 1.807) is 0 Å². The average Bonchev–Trinajstić information content (AvgIpc) is 2.50. The van der Waals surface area contributed by atoms with E-state index in [9.17, 15) is 0 Å². The van der Waals surface area contributed by atoms with Crippen LogP contribution < -0.4 is 0 Å². The summed E-state index contributed by atoms with van der Waals surface area (Å²) in [4.78, 5) is 0. The van der Waals surface area contributed by atoms with Crippen LogP contribution in [0.4, 0.5) is 0 Å². The van der Waals surface area contributed by atoms with Gasteiger partial charge in [-0.3, -0.25) is 0 Å². The predicted molar refractivity (Wildman–Crippen MR) is 95.5 cm³/mol. The van der Waals surface area contributed by atoms with Gasteiger partial charge in [-0.1, -0.05) is 104 Å². The van der Waals surface area contributed by atoms with E-state index < -0.39 is 0 Å². The minimum atomic E-state index is 0.935. The molecule has 0 saturated heterocycles. The van der Waals surface area contributed by atoms with Crippen molar-refractivity contribution >= 4 is 0 Å². The first-order chi connectivity index (χ1) is 10.4. The molecule has 0 unspecified atom stereocenters. The van der Waals surface area contributed by atoms with E-state index in [4.69, 9.17) is 4.74 Å². The van der Waals surface area contributed by atoms with Crippen molar-refractivity contribution in [1.82, 2.24) is 0 Å². The Morgan fingerprint density at radius 3 is 1.48 bits per heavy atom. The molecule has 127 valence electrons. The molecule has 0 aromatic rings. The highest BCUT2D eigenvalue weighted by molar-refractivity contribution is 4.53. The smallest absolute Gasteiger partial charge is 0.0836 e.